The van der Waals surface area contributed by atoms with Crippen LogP contribution in [0.25, 0.3) is 0 Å². The summed E-state index contributed by atoms with van der Waals surface area (Å²) >= 11 is 5.12. The fourth-order valence-electron chi connectivity index (χ4n) is 2.67. The highest BCUT2D eigenvalue weighted by atomic mass is 32.1. The lowest BCUT2D eigenvalue weighted by molar-refractivity contribution is -0.165. The number of hydrogen-bond donors (Lipinski definition) is 2. The zero-order chi connectivity index (χ0) is 22.7. The highest BCUT2D eigenvalue weighted by Gasteiger charge is 2.42. The first-order chi connectivity index (χ1) is 13.7. The van der Waals surface area contributed by atoms with Gasteiger partial charge in [-0.25, -0.2) is 4.79 Å². The summed E-state index contributed by atoms with van der Waals surface area (Å²) in [5.74, 6) is 0.290. The van der Waals surface area contributed by atoms with E-state index in [9.17, 15) is 4.79 Å². The molecule has 1 heterocycles. The van der Waals surface area contributed by atoms with Gasteiger partial charge in [-0.2, -0.15) is 0 Å². The molecule has 2 rings (SSSR count). The van der Waals surface area contributed by atoms with Gasteiger partial charge in [-0.05, 0) is 68.8 Å². The molecule has 0 amide bonds. The normalized spacial score (nSPS) is 18.4. The zero-order valence-electron chi connectivity index (χ0n) is 19.4. The van der Waals surface area contributed by atoms with Crippen molar-refractivity contribution >= 4 is 31.6 Å². The van der Waals surface area contributed by atoms with E-state index in [0.29, 0.717) is 10.9 Å². The third-order valence-corrected chi connectivity index (χ3v) is 10.1. The van der Waals surface area contributed by atoms with Crippen LogP contribution in [0.4, 0.5) is 0 Å². The van der Waals surface area contributed by atoms with Crippen molar-refractivity contribution in [3.8, 4) is 5.75 Å². The first-order valence-corrected chi connectivity index (χ1v) is 13.7. The second-order valence-corrected chi connectivity index (χ2v) is 15.4. The molecule has 0 bridgehead atoms. The van der Waals surface area contributed by atoms with Gasteiger partial charge in [-0.15, -0.1) is 0 Å². The van der Waals surface area contributed by atoms with Crippen LogP contribution < -0.4 is 15.4 Å². The van der Waals surface area contributed by atoms with E-state index in [2.05, 4.69) is 44.5 Å². The summed E-state index contributed by atoms with van der Waals surface area (Å²) in [4.78, 5) is 12.8. The Hall–Kier alpha value is -1.64. The Morgan fingerprint density at radius 1 is 1.17 bits per heavy atom. The van der Waals surface area contributed by atoms with Gasteiger partial charge < -0.3 is 24.5 Å². The lowest BCUT2D eigenvalue weighted by Gasteiger charge is -2.39. The van der Waals surface area contributed by atoms with Crippen molar-refractivity contribution in [2.45, 2.75) is 77.4 Å². The number of rotatable bonds is 7. The van der Waals surface area contributed by atoms with Gasteiger partial charge in [0.1, 0.15) is 18.0 Å². The highest BCUT2D eigenvalue weighted by molar-refractivity contribution is 7.80. The predicted octanol–water partition coefficient (Wildman–Crippen LogP) is 4.32. The third-order valence-electron chi connectivity index (χ3n) is 5.37. The molecule has 6 nitrogen and oxygen atoms in total. The molecule has 0 radical (unpaired) electrons. The quantitative estimate of drug-likeness (QED) is 0.363. The third kappa shape index (κ3) is 6.96. The number of carbonyl (C=O) groups is 1. The molecular formula is C22H36N2O4SSi. The number of ether oxygens (including phenoxy) is 2. The SMILES string of the molecule is CC(C)(C)OC(=O)[C@@H](COc1ccc(C2CNC(=S)N2)cc1)O[Si](C)(C)C(C)(C)C. The van der Waals surface area contributed by atoms with E-state index >= 15 is 0 Å². The smallest absolute Gasteiger partial charge is 0.338 e. The van der Waals surface area contributed by atoms with Crippen molar-refractivity contribution in [3.05, 3.63) is 29.8 Å². The van der Waals surface area contributed by atoms with Gasteiger partial charge in [0.25, 0.3) is 0 Å². The molecular weight excluding hydrogens is 416 g/mol. The van der Waals surface area contributed by atoms with Crippen LogP contribution in [0.5, 0.6) is 5.75 Å². The first-order valence-electron chi connectivity index (χ1n) is 10.4. The monoisotopic (exact) mass is 452 g/mol. The summed E-state index contributed by atoms with van der Waals surface area (Å²) in [6.45, 7) is 17.1. The summed E-state index contributed by atoms with van der Waals surface area (Å²) < 4.78 is 17.9. The fraction of sp³-hybridized carbons (Fsp3) is 0.636. The topological polar surface area (TPSA) is 68.8 Å². The Balaban J connectivity index is 2.07. The minimum absolute atomic E-state index is 0.0300. The van der Waals surface area contributed by atoms with Gasteiger partial charge in [-0.1, -0.05) is 32.9 Å². The highest BCUT2D eigenvalue weighted by Crippen LogP contribution is 2.37. The Bertz CT molecular complexity index is 754. The summed E-state index contributed by atoms with van der Waals surface area (Å²) in [6.07, 6.45) is -0.775. The Morgan fingerprint density at radius 3 is 2.23 bits per heavy atom. The molecule has 1 unspecified atom stereocenters. The molecule has 168 valence electrons. The Morgan fingerprint density at radius 2 is 1.77 bits per heavy atom. The van der Waals surface area contributed by atoms with Crippen molar-refractivity contribution in [2.75, 3.05) is 13.2 Å². The second kappa shape index (κ2) is 9.24. The predicted molar refractivity (Wildman–Crippen MR) is 126 cm³/mol. The molecule has 1 aliphatic rings. The van der Waals surface area contributed by atoms with Gasteiger partial charge in [-0.3, -0.25) is 0 Å². The molecule has 0 aliphatic carbocycles. The number of thiocarbonyl (C=S) groups is 1. The maximum absolute atomic E-state index is 12.8. The van der Waals surface area contributed by atoms with Gasteiger partial charge in [0.05, 0.1) is 6.04 Å². The lowest BCUT2D eigenvalue weighted by atomic mass is 10.1. The van der Waals surface area contributed by atoms with Crippen molar-refractivity contribution in [2.24, 2.45) is 0 Å². The van der Waals surface area contributed by atoms with E-state index < -0.39 is 26.0 Å². The van der Waals surface area contributed by atoms with Gasteiger partial charge in [0.15, 0.2) is 19.5 Å². The van der Waals surface area contributed by atoms with Gasteiger partial charge in [0, 0.05) is 6.54 Å². The zero-order valence-corrected chi connectivity index (χ0v) is 21.2. The number of hydrogen-bond acceptors (Lipinski definition) is 5. The van der Waals surface area contributed by atoms with Crippen LogP contribution in [0.1, 0.15) is 53.1 Å². The largest absolute Gasteiger partial charge is 0.490 e. The maximum Gasteiger partial charge on any atom is 0.338 e. The molecule has 2 atom stereocenters. The molecule has 1 aromatic carbocycles. The first kappa shape index (κ1) is 24.6. The van der Waals surface area contributed by atoms with Crippen LogP contribution >= 0.6 is 12.2 Å². The van der Waals surface area contributed by atoms with Gasteiger partial charge in [0.2, 0.25) is 0 Å². The van der Waals surface area contributed by atoms with E-state index in [1.807, 2.05) is 45.0 Å². The maximum atomic E-state index is 12.8. The second-order valence-electron chi connectivity index (χ2n) is 10.2. The minimum atomic E-state index is -2.19. The molecule has 30 heavy (non-hydrogen) atoms. The van der Waals surface area contributed by atoms with E-state index in [4.69, 9.17) is 26.1 Å². The minimum Gasteiger partial charge on any atom is -0.490 e. The number of esters is 1. The van der Waals surface area contributed by atoms with Crippen LogP contribution in [-0.4, -0.2) is 44.3 Å². The fourth-order valence-corrected chi connectivity index (χ4v) is 4.13. The van der Waals surface area contributed by atoms with Gasteiger partial charge >= 0.3 is 5.97 Å². The van der Waals surface area contributed by atoms with Crippen LogP contribution in [-0.2, 0) is 14.0 Å². The molecule has 1 fully saturated rings. The average molecular weight is 453 g/mol. The van der Waals surface area contributed by atoms with Crippen LogP contribution in [0, 0.1) is 0 Å². The number of carbonyl (C=O) groups excluding carboxylic acids is 1. The molecule has 0 aromatic heterocycles. The summed E-state index contributed by atoms with van der Waals surface area (Å²) in [5.41, 5.74) is 0.535. The van der Waals surface area contributed by atoms with E-state index in [0.717, 1.165) is 12.1 Å². The van der Waals surface area contributed by atoms with E-state index in [-0.39, 0.29) is 17.7 Å². The summed E-state index contributed by atoms with van der Waals surface area (Å²) in [5, 5.41) is 6.97. The Kier molecular flexibility index (Phi) is 7.58. The molecule has 0 saturated carbocycles. The standard InChI is InChI=1S/C22H36N2O4SSi/c1-21(2,3)27-19(25)18(28-30(7,8)22(4,5)6)14-26-16-11-9-15(10-12-16)17-13-23-20(29)24-17/h9-12,17-18H,13-14H2,1-8H3,(H2,23,24,29)/t17?,18-/m1/s1. The van der Waals surface area contributed by atoms with Crippen molar-refractivity contribution in [1.29, 1.82) is 0 Å². The van der Waals surface area contributed by atoms with Crippen molar-refractivity contribution in [3.63, 3.8) is 0 Å². The van der Waals surface area contributed by atoms with Crippen LogP contribution in [0.3, 0.4) is 0 Å². The van der Waals surface area contributed by atoms with Crippen molar-refractivity contribution < 1.29 is 18.7 Å². The van der Waals surface area contributed by atoms with Crippen LogP contribution in [0.15, 0.2) is 24.3 Å². The molecule has 2 N–H and O–H groups in total. The molecule has 1 aliphatic heterocycles. The summed E-state index contributed by atoms with van der Waals surface area (Å²) in [6, 6.07) is 7.95. The Labute approximate surface area is 187 Å². The van der Waals surface area contributed by atoms with E-state index in [1.54, 1.807) is 0 Å². The molecule has 0 spiro atoms. The number of nitrogens with one attached hydrogen (secondary N) is 2. The molecule has 1 saturated heterocycles. The number of benzene rings is 1. The van der Waals surface area contributed by atoms with Crippen molar-refractivity contribution in [1.82, 2.24) is 10.6 Å². The van der Waals surface area contributed by atoms with Crippen LogP contribution in [0.2, 0.25) is 18.1 Å². The molecule has 1 aromatic rings. The summed E-state index contributed by atoms with van der Waals surface area (Å²) in [7, 11) is -2.19. The average Bonchev–Trinajstić information content (AvgIpc) is 3.03. The molecule has 8 heteroatoms. The lowest BCUT2D eigenvalue weighted by Crippen LogP contribution is -2.49. The van der Waals surface area contributed by atoms with E-state index in [1.165, 1.54) is 0 Å².